The van der Waals surface area contributed by atoms with E-state index in [-0.39, 0.29) is 27.5 Å². The molecule has 2 aromatic rings. The summed E-state index contributed by atoms with van der Waals surface area (Å²) < 4.78 is 13.2. The van der Waals surface area contributed by atoms with Crippen molar-refractivity contribution in [2.75, 3.05) is 11.9 Å². The van der Waals surface area contributed by atoms with Crippen molar-refractivity contribution in [3.05, 3.63) is 68.5 Å². The zero-order valence-electron chi connectivity index (χ0n) is 11.8. The van der Waals surface area contributed by atoms with E-state index in [2.05, 4.69) is 0 Å². The summed E-state index contributed by atoms with van der Waals surface area (Å²) >= 11 is 5.93. The predicted octanol–water partition coefficient (Wildman–Crippen LogP) is 3.54. The number of nitro benzene ring substituents is 1. The molecule has 0 aliphatic rings. The van der Waals surface area contributed by atoms with E-state index in [9.17, 15) is 19.3 Å². The third-order valence-corrected chi connectivity index (χ3v) is 3.47. The van der Waals surface area contributed by atoms with Gasteiger partial charge >= 0.3 is 0 Å². The number of anilines is 1. The van der Waals surface area contributed by atoms with Gasteiger partial charge in [0.05, 0.1) is 26.8 Å². The molecule has 0 bridgehead atoms. The first-order chi connectivity index (χ1) is 10.8. The standard InChI is InChI=1S/C15H9ClFN3O3/c1-19(14-5-2-10(17)6-9(14)8-18)15(21)12-7-11(20(22)23)3-4-13(12)16/h2-7H,1H3. The van der Waals surface area contributed by atoms with Gasteiger partial charge < -0.3 is 4.90 Å². The summed E-state index contributed by atoms with van der Waals surface area (Å²) in [5.74, 6) is -1.26. The summed E-state index contributed by atoms with van der Waals surface area (Å²) in [7, 11) is 1.37. The van der Waals surface area contributed by atoms with Gasteiger partial charge in [0.25, 0.3) is 11.6 Å². The average molecular weight is 334 g/mol. The Labute approximate surface area is 135 Å². The molecule has 0 saturated carbocycles. The van der Waals surface area contributed by atoms with Crippen molar-refractivity contribution in [3.63, 3.8) is 0 Å². The Bertz CT molecular complexity index is 848. The number of nitriles is 1. The van der Waals surface area contributed by atoms with Crippen LogP contribution in [0.2, 0.25) is 5.02 Å². The van der Waals surface area contributed by atoms with E-state index in [1.165, 1.54) is 25.2 Å². The Morgan fingerprint density at radius 2 is 2.04 bits per heavy atom. The van der Waals surface area contributed by atoms with Gasteiger partial charge in [-0.25, -0.2) is 4.39 Å². The maximum Gasteiger partial charge on any atom is 0.270 e. The molecule has 0 heterocycles. The first kappa shape index (κ1) is 16.4. The Balaban J connectivity index is 2.47. The minimum atomic E-state index is -0.651. The van der Waals surface area contributed by atoms with Crippen molar-refractivity contribution in [3.8, 4) is 6.07 Å². The van der Waals surface area contributed by atoms with Gasteiger partial charge in [-0.05, 0) is 24.3 Å². The number of carbonyl (C=O) groups is 1. The Hall–Kier alpha value is -2.98. The lowest BCUT2D eigenvalue weighted by molar-refractivity contribution is -0.384. The van der Waals surface area contributed by atoms with Crippen LogP contribution < -0.4 is 4.90 Å². The number of nitrogens with zero attached hydrogens (tertiary/aromatic N) is 3. The fourth-order valence-electron chi connectivity index (χ4n) is 1.97. The lowest BCUT2D eigenvalue weighted by atomic mass is 10.1. The molecule has 0 atom stereocenters. The van der Waals surface area contributed by atoms with Gasteiger partial charge in [-0.1, -0.05) is 11.6 Å². The van der Waals surface area contributed by atoms with E-state index in [4.69, 9.17) is 16.9 Å². The van der Waals surface area contributed by atoms with Crippen molar-refractivity contribution in [1.82, 2.24) is 0 Å². The van der Waals surface area contributed by atoms with Crippen LogP contribution in [-0.2, 0) is 0 Å². The fourth-order valence-corrected chi connectivity index (χ4v) is 2.17. The van der Waals surface area contributed by atoms with Crippen LogP contribution in [-0.4, -0.2) is 17.9 Å². The first-order valence-electron chi connectivity index (χ1n) is 6.26. The van der Waals surface area contributed by atoms with Crippen molar-refractivity contribution in [1.29, 1.82) is 5.26 Å². The number of hydrogen-bond donors (Lipinski definition) is 0. The maximum atomic E-state index is 13.2. The number of hydrogen-bond acceptors (Lipinski definition) is 4. The molecular formula is C15H9ClFN3O3. The number of benzene rings is 2. The molecular weight excluding hydrogens is 325 g/mol. The molecule has 0 aromatic heterocycles. The molecule has 0 fully saturated rings. The van der Waals surface area contributed by atoms with Gasteiger partial charge in [0.1, 0.15) is 11.9 Å². The van der Waals surface area contributed by atoms with Crippen molar-refractivity contribution >= 4 is 28.9 Å². The number of non-ortho nitro benzene ring substituents is 1. The minimum absolute atomic E-state index is 0.0352. The second-order valence-corrected chi connectivity index (χ2v) is 4.97. The highest BCUT2D eigenvalue weighted by Gasteiger charge is 2.21. The average Bonchev–Trinajstić information content (AvgIpc) is 2.53. The number of halogens is 2. The van der Waals surface area contributed by atoms with Crippen LogP contribution in [0.15, 0.2) is 36.4 Å². The summed E-state index contributed by atoms with van der Waals surface area (Å²) in [5.41, 5.74) is -0.244. The van der Waals surface area contributed by atoms with E-state index in [1.54, 1.807) is 6.07 Å². The summed E-state index contributed by atoms with van der Waals surface area (Å²) in [6, 6.07) is 8.65. The molecule has 0 aliphatic heterocycles. The van der Waals surface area contributed by atoms with Gasteiger partial charge in [-0.3, -0.25) is 14.9 Å². The fraction of sp³-hybridized carbons (Fsp3) is 0.0667. The zero-order chi connectivity index (χ0) is 17.1. The Morgan fingerprint density at radius 1 is 1.35 bits per heavy atom. The molecule has 0 spiro atoms. The van der Waals surface area contributed by atoms with E-state index >= 15 is 0 Å². The monoisotopic (exact) mass is 333 g/mol. The van der Waals surface area contributed by atoms with E-state index in [1.807, 2.05) is 0 Å². The molecule has 2 rings (SSSR count). The molecule has 0 aliphatic carbocycles. The molecule has 0 radical (unpaired) electrons. The van der Waals surface area contributed by atoms with Crippen molar-refractivity contribution in [2.45, 2.75) is 0 Å². The van der Waals surface area contributed by atoms with Crippen molar-refractivity contribution in [2.24, 2.45) is 0 Å². The second-order valence-electron chi connectivity index (χ2n) is 4.56. The van der Waals surface area contributed by atoms with E-state index in [0.717, 1.165) is 23.1 Å². The first-order valence-corrected chi connectivity index (χ1v) is 6.64. The van der Waals surface area contributed by atoms with Gasteiger partial charge in [-0.2, -0.15) is 5.26 Å². The smallest absolute Gasteiger partial charge is 0.270 e. The highest BCUT2D eigenvalue weighted by Crippen LogP contribution is 2.26. The third kappa shape index (κ3) is 3.27. The summed E-state index contributed by atoms with van der Waals surface area (Å²) in [5, 5.41) is 19.9. The number of rotatable bonds is 3. The molecule has 8 heteroatoms. The molecule has 116 valence electrons. The van der Waals surface area contributed by atoms with Crippen LogP contribution in [0.1, 0.15) is 15.9 Å². The highest BCUT2D eigenvalue weighted by atomic mass is 35.5. The molecule has 0 saturated heterocycles. The van der Waals surface area contributed by atoms with Crippen LogP contribution in [0.4, 0.5) is 15.8 Å². The number of carbonyl (C=O) groups excluding carboxylic acids is 1. The zero-order valence-corrected chi connectivity index (χ0v) is 12.5. The Kier molecular flexibility index (Phi) is 4.57. The lowest BCUT2D eigenvalue weighted by Gasteiger charge is -2.19. The predicted molar refractivity (Wildman–Crippen MR) is 82.0 cm³/mol. The van der Waals surface area contributed by atoms with E-state index in [0.29, 0.717) is 0 Å². The van der Waals surface area contributed by atoms with Crippen LogP contribution in [0, 0.1) is 27.3 Å². The van der Waals surface area contributed by atoms with Gasteiger partial charge in [-0.15, -0.1) is 0 Å². The van der Waals surface area contributed by atoms with Crippen LogP contribution in [0.3, 0.4) is 0 Å². The maximum absolute atomic E-state index is 13.2. The highest BCUT2D eigenvalue weighted by molar-refractivity contribution is 6.34. The number of amides is 1. The van der Waals surface area contributed by atoms with Gasteiger partial charge in [0.15, 0.2) is 0 Å². The normalized spacial score (nSPS) is 10.0. The SMILES string of the molecule is CN(C(=O)c1cc([N+](=O)[O-])ccc1Cl)c1ccc(F)cc1C#N. The van der Waals surface area contributed by atoms with E-state index < -0.39 is 16.6 Å². The van der Waals surface area contributed by atoms with Crippen LogP contribution in [0.5, 0.6) is 0 Å². The van der Waals surface area contributed by atoms with Gasteiger partial charge in [0, 0.05) is 19.2 Å². The topological polar surface area (TPSA) is 87.2 Å². The molecule has 1 amide bonds. The summed E-state index contributed by atoms with van der Waals surface area (Å²) in [6.07, 6.45) is 0. The minimum Gasteiger partial charge on any atom is -0.310 e. The molecule has 0 unspecified atom stereocenters. The number of nitro groups is 1. The largest absolute Gasteiger partial charge is 0.310 e. The second kappa shape index (κ2) is 6.42. The molecule has 0 N–H and O–H groups in total. The lowest BCUT2D eigenvalue weighted by Crippen LogP contribution is -2.27. The third-order valence-electron chi connectivity index (χ3n) is 3.14. The quantitative estimate of drug-likeness (QED) is 0.635. The molecule has 6 nitrogen and oxygen atoms in total. The van der Waals surface area contributed by atoms with Gasteiger partial charge in [0.2, 0.25) is 0 Å². The molecule has 23 heavy (non-hydrogen) atoms. The summed E-state index contributed by atoms with van der Waals surface area (Å²) in [6.45, 7) is 0. The van der Waals surface area contributed by atoms with Crippen molar-refractivity contribution < 1.29 is 14.1 Å². The van der Waals surface area contributed by atoms with Crippen LogP contribution >= 0.6 is 11.6 Å². The van der Waals surface area contributed by atoms with Crippen LogP contribution in [0.25, 0.3) is 0 Å². The summed E-state index contributed by atoms with van der Waals surface area (Å²) in [4.78, 5) is 23.8. The Morgan fingerprint density at radius 3 is 2.65 bits per heavy atom. The molecule has 2 aromatic carbocycles.